The highest BCUT2D eigenvalue weighted by Crippen LogP contribution is 2.20. The highest BCUT2D eigenvalue weighted by atomic mass is 19.1. The monoisotopic (exact) mass is 248 g/mol. The van der Waals surface area contributed by atoms with Gasteiger partial charge in [-0.15, -0.1) is 0 Å². The molecule has 0 saturated carbocycles. The van der Waals surface area contributed by atoms with Crippen molar-refractivity contribution in [2.24, 2.45) is 0 Å². The number of halogens is 1. The summed E-state index contributed by atoms with van der Waals surface area (Å²) in [6.45, 7) is 7.18. The Bertz CT molecular complexity index is 446. The lowest BCUT2D eigenvalue weighted by Gasteiger charge is -2.15. The van der Waals surface area contributed by atoms with Crippen LogP contribution in [0.25, 0.3) is 5.57 Å². The molecule has 1 aromatic rings. The molecule has 0 saturated heterocycles. The zero-order valence-corrected chi connectivity index (χ0v) is 11.3. The third-order valence-electron chi connectivity index (χ3n) is 2.50. The van der Waals surface area contributed by atoms with Gasteiger partial charge in [0.15, 0.2) is 0 Å². The first-order valence-electron chi connectivity index (χ1n) is 6.18. The van der Waals surface area contributed by atoms with Crippen LogP contribution in [0.1, 0.15) is 31.4 Å². The molecule has 3 heteroatoms. The minimum Gasteiger partial charge on any atom is -0.312 e. The lowest BCUT2D eigenvalue weighted by molar-refractivity contribution is 0.619. The molecule has 1 aliphatic heterocycles. The van der Waals surface area contributed by atoms with E-state index in [-0.39, 0.29) is 5.82 Å². The summed E-state index contributed by atoms with van der Waals surface area (Å²) in [6.07, 6.45) is 3.10. The summed E-state index contributed by atoms with van der Waals surface area (Å²) in [5, 5.41) is 9.74. The van der Waals surface area contributed by atoms with Crippen LogP contribution in [0, 0.1) is 18.2 Å². The molecule has 18 heavy (non-hydrogen) atoms. The highest BCUT2D eigenvalue weighted by molar-refractivity contribution is 5.75. The standard InChI is InChI=1S/C12H14FN.C3H7N/c1-9-4-5-11(12(13)7-9)10-3-2-6-14-8-10;1-3(2)4/h3-5,7,14H,2,6,8H2,1H3;4H,1-2H3. The van der Waals surface area contributed by atoms with E-state index in [1.165, 1.54) is 0 Å². The maximum absolute atomic E-state index is 13.6. The van der Waals surface area contributed by atoms with Crippen LogP contribution < -0.4 is 5.32 Å². The lowest BCUT2D eigenvalue weighted by Crippen LogP contribution is -2.21. The van der Waals surface area contributed by atoms with Gasteiger partial charge in [0.05, 0.1) is 0 Å². The van der Waals surface area contributed by atoms with Gasteiger partial charge in [-0.05, 0) is 50.9 Å². The topological polar surface area (TPSA) is 35.9 Å². The van der Waals surface area contributed by atoms with Crippen molar-refractivity contribution in [2.45, 2.75) is 27.2 Å². The molecule has 0 bridgehead atoms. The Balaban J connectivity index is 0.000000357. The van der Waals surface area contributed by atoms with Crippen molar-refractivity contribution < 1.29 is 4.39 Å². The molecule has 1 aromatic carbocycles. The second-order valence-electron chi connectivity index (χ2n) is 4.68. The first kappa shape index (κ1) is 14.6. The van der Waals surface area contributed by atoms with Gasteiger partial charge in [-0.1, -0.05) is 18.2 Å². The Morgan fingerprint density at radius 1 is 1.33 bits per heavy atom. The van der Waals surface area contributed by atoms with Crippen molar-refractivity contribution in [2.75, 3.05) is 13.1 Å². The molecule has 2 N–H and O–H groups in total. The van der Waals surface area contributed by atoms with E-state index in [2.05, 4.69) is 11.4 Å². The minimum absolute atomic E-state index is 0.111. The van der Waals surface area contributed by atoms with E-state index in [9.17, 15) is 4.39 Å². The molecule has 0 amide bonds. The van der Waals surface area contributed by atoms with Crippen molar-refractivity contribution >= 4 is 11.3 Å². The maximum Gasteiger partial charge on any atom is 0.131 e. The van der Waals surface area contributed by atoms with Crippen LogP contribution in [-0.2, 0) is 0 Å². The van der Waals surface area contributed by atoms with Gasteiger partial charge in [0, 0.05) is 17.8 Å². The molecule has 0 fully saturated rings. The van der Waals surface area contributed by atoms with Crippen molar-refractivity contribution in [3.63, 3.8) is 0 Å². The van der Waals surface area contributed by atoms with Gasteiger partial charge in [0.25, 0.3) is 0 Å². The van der Waals surface area contributed by atoms with Crippen molar-refractivity contribution in [1.82, 2.24) is 5.32 Å². The third-order valence-corrected chi connectivity index (χ3v) is 2.50. The summed E-state index contributed by atoms with van der Waals surface area (Å²) >= 11 is 0. The van der Waals surface area contributed by atoms with Gasteiger partial charge >= 0.3 is 0 Å². The molecule has 0 radical (unpaired) electrons. The Morgan fingerprint density at radius 2 is 2.00 bits per heavy atom. The average molecular weight is 248 g/mol. The molecule has 0 aromatic heterocycles. The summed E-state index contributed by atoms with van der Waals surface area (Å²) in [7, 11) is 0. The fourth-order valence-corrected chi connectivity index (χ4v) is 1.73. The molecular weight excluding hydrogens is 227 g/mol. The smallest absolute Gasteiger partial charge is 0.131 e. The SMILES string of the molecule is CC(C)=N.Cc1ccc(C2=CCCNC2)c(F)c1. The van der Waals surface area contributed by atoms with Crippen LogP contribution in [0.5, 0.6) is 0 Å². The second kappa shape index (κ2) is 7.07. The number of aryl methyl sites for hydroxylation is 1. The van der Waals surface area contributed by atoms with E-state index in [1.54, 1.807) is 19.9 Å². The number of nitrogens with one attached hydrogen (secondary N) is 2. The van der Waals surface area contributed by atoms with Crippen LogP contribution in [0.4, 0.5) is 4.39 Å². The molecule has 2 rings (SSSR count). The van der Waals surface area contributed by atoms with Crippen molar-refractivity contribution in [3.8, 4) is 0 Å². The van der Waals surface area contributed by atoms with Gasteiger partial charge < -0.3 is 10.7 Å². The fraction of sp³-hybridized carbons (Fsp3) is 0.400. The molecule has 2 nitrogen and oxygen atoms in total. The number of rotatable bonds is 1. The fourth-order valence-electron chi connectivity index (χ4n) is 1.73. The Labute approximate surface area is 108 Å². The number of benzene rings is 1. The predicted molar refractivity (Wildman–Crippen MR) is 75.7 cm³/mol. The molecule has 0 aliphatic carbocycles. The van der Waals surface area contributed by atoms with E-state index < -0.39 is 0 Å². The molecule has 1 aliphatic rings. The summed E-state index contributed by atoms with van der Waals surface area (Å²) < 4.78 is 13.6. The Morgan fingerprint density at radius 3 is 2.50 bits per heavy atom. The summed E-state index contributed by atoms with van der Waals surface area (Å²) in [4.78, 5) is 0. The first-order chi connectivity index (χ1) is 8.50. The zero-order chi connectivity index (χ0) is 13.5. The molecule has 0 atom stereocenters. The van der Waals surface area contributed by atoms with Crippen LogP contribution in [-0.4, -0.2) is 18.8 Å². The van der Waals surface area contributed by atoms with Crippen molar-refractivity contribution in [3.05, 3.63) is 41.2 Å². The maximum atomic E-state index is 13.6. The van der Waals surface area contributed by atoms with E-state index in [4.69, 9.17) is 5.41 Å². The average Bonchev–Trinajstić information content (AvgIpc) is 2.29. The molecule has 0 unspecified atom stereocenters. The normalized spacial score (nSPS) is 14.3. The zero-order valence-electron chi connectivity index (χ0n) is 11.3. The van der Waals surface area contributed by atoms with Crippen LogP contribution in [0.15, 0.2) is 24.3 Å². The molecular formula is C15H21FN2. The number of hydrogen-bond acceptors (Lipinski definition) is 2. The van der Waals surface area contributed by atoms with Gasteiger partial charge in [0.2, 0.25) is 0 Å². The Hall–Kier alpha value is -1.48. The third kappa shape index (κ3) is 4.80. The van der Waals surface area contributed by atoms with Crippen LogP contribution in [0.2, 0.25) is 0 Å². The van der Waals surface area contributed by atoms with E-state index in [0.29, 0.717) is 5.71 Å². The summed E-state index contributed by atoms with van der Waals surface area (Å²) in [5.41, 5.74) is 3.45. The minimum atomic E-state index is -0.111. The number of hydrogen-bond donors (Lipinski definition) is 2. The molecule has 0 spiro atoms. The van der Waals surface area contributed by atoms with Crippen LogP contribution >= 0.6 is 0 Å². The predicted octanol–water partition coefficient (Wildman–Crippen LogP) is 3.56. The largest absolute Gasteiger partial charge is 0.312 e. The highest BCUT2D eigenvalue weighted by Gasteiger charge is 2.09. The first-order valence-corrected chi connectivity index (χ1v) is 6.18. The van der Waals surface area contributed by atoms with E-state index >= 15 is 0 Å². The van der Waals surface area contributed by atoms with Crippen molar-refractivity contribution in [1.29, 1.82) is 5.41 Å². The van der Waals surface area contributed by atoms with Gasteiger partial charge in [-0.25, -0.2) is 4.39 Å². The second-order valence-corrected chi connectivity index (χ2v) is 4.68. The van der Waals surface area contributed by atoms with Gasteiger partial charge in [0.1, 0.15) is 5.82 Å². The molecule has 1 heterocycles. The summed E-state index contributed by atoms with van der Waals surface area (Å²) in [6, 6.07) is 5.40. The molecule has 98 valence electrons. The summed E-state index contributed by atoms with van der Waals surface area (Å²) in [5.74, 6) is -0.111. The van der Waals surface area contributed by atoms with Crippen LogP contribution in [0.3, 0.4) is 0 Å². The Kier molecular flexibility index (Phi) is 5.72. The van der Waals surface area contributed by atoms with E-state index in [0.717, 1.165) is 36.2 Å². The lowest BCUT2D eigenvalue weighted by atomic mass is 10.0. The van der Waals surface area contributed by atoms with Gasteiger partial charge in [-0.3, -0.25) is 0 Å². The van der Waals surface area contributed by atoms with Gasteiger partial charge in [-0.2, -0.15) is 0 Å². The van der Waals surface area contributed by atoms with E-state index in [1.807, 2.05) is 19.1 Å². The quantitative estimate of drug-likeness (QED) is 0.732.